The van der Waals surface area contributed by atoms with Gasteiger partial charge in [0.05, 0.1) is 10.5 Å². The number of aryl methyl sites for hydroxylation is 1. The van der Waals surface area contributed by atoms with Crippen LogP contribution in [0.25, 0.3) is 0 Å². The van der Waals surface area contributed by atoms with Crippen LogP contribution in [0.4, 0.5) is 5.69 Å². The summed E-state index contributed by atoms with van der Waals surface area (Å²) in [5, 5.41) is 9.64. The van der Waals surface area contributed by atoms with Gasteiger partial charge >= 0.3 is 0 Å². The molecule has 5 nitrogen and oxygen atoms in total. The molecule has 1 aliphatic heterocycles. The average Bonchev–Trinajstić information content (AvgIpc) is 2.25. The van der Waals surface area contributed by atoms with Crippen LogP contribution in [0.5, 0.6) is 0 Å². The zero-order valence-corrected chi connectivity index (χ0v) is 11.4. The molecule has 3 N–H and O–H groups in total. The maximum atomic E-state index is 12.4. The van der Waals surface area contributed by atoms with E-state index in [-0.39, 0.29) is 18.0 Å². The van der Waals surface area contributed by atoms with Crippen molar-refractivity contribution in [3.63, 3.8) is 0 Å². The van der Waals surface area contributed by atoms with Crippen LogP contribution in [0.15, 0.2) is 23.1 Å². The predicted octanol–water partition coefficient (Wildman–Crippen LogP) is 0.587. The number of nitrogens with zero attached hydrogens (tertiary/aromatic N) is 1. The summed E-state index contributed by atoms with van der Waals surface area (Å²) in [5.41, 5.74) is 5.92. The zero-order valence-electron chi connectivity index (χ0n) is 10.5. The van der Waals surface area contributed by atoms with Crippen molar-refractivity contribution in [2.45, 2.75) is 30.8 Å². The summed E-state index contributed by atoms with van der Waals surface area (Å²) in [4.78, 5) is 0.250. The Labute approximate surface area is 107 Å². The van der Waals surface area contributed by atoms with Gasteiger partial charge in [-0.3, -0.25) is 0 Å². The second-order valence-electron chi connectivity index (χ2n) is 4.99. The smallest absolute Gasteiger partial charge is 0.243 e. The van der Waals surface area contributed by atoms with E-state index in [2.05, 4.69) is 0 Å². The number of hydrogen-bond donors (Lipinski definition) is 2. The molecule has 0 unspecified atom stereocenters. The summed E-state index contributed by atoms with van der Waals surface area (Å²) in [5.74, 6) is 0. The van der Waals surface area contributed by atoms with Gasteiger partial charge in [-0.2, -0.15) is 4.31 Å². The molecule has 1 aromatic rings. The predicted molar refractivity (Wildman–Crippen MR) is 69.6 cm³/mol. The Morgan fingerprint density at radius 3 is 2.56 bits per heavy atom. The second-order valence-corrected chi connectivity index (χ2v) is 6.90. The molecular formula is C12H18N2O3S. The monoisotopic (exact) mass is 270 g/mol. The molecule has 0 amide bonds. The van der Waals surface area contributed by atoms with E-state index in [1.165, 1.54) is 10.4 Å². The van der Waals surface area contributed by atoms with Gasteiger partial charge in [0.1, 0.15) is 0 Å². The first kappa shape index (κ1) is 13.3. The molecule has 1 aliphatic rings. The Balaban J connectivity index is 2.39. The van der Waals surface area contributed by atoms with E-state index in [4.69, 9.17) is 5.73 Å². The summed E-state index contributed by atoms with van der Waals surface area (Å²) >= 11 is 0. The molecule has 0 bridgehead atoms. The fourth-order valence-electron chi connectivity index (χ4n) is 2.13. The van der Waals surface area contributed by atoms with E-state index in [0.717, 1.165) is 5.56 Å². The second kappa shape index (κ2) is 4.22. The molecule has 18 heavy (non-hydrogen) atoms. The maximum Gasteiger partial charge on any atom is 0.243 e. The largest absolute Gasteiger partial charge is 0.399 e. The lowest BCUT2D eigenvalue weighted by atomic mass is 10.0. The standard InChI is InChI=1S/C12H18N2O3S/c1-3-9-4-5-10(13)6-11(9)18(16,17)14-7-12(2,15)8-14/h4-6,15H,3,7-8,13H2,1-2H3. The minimum absolute atomic E-state index is 0.132. The third kappa shape index (κ3) is 2.23. The first-order chi connectivity index (χ1) is 8.26. The topological polar surface area (TPSA) is 83.6 Å². The molecule has 1 heterocycles. The molecule has 0 saturated carbocycles. The van der Waals surface area contributed by atoms with E-state index < -0.39 is 15.6 Å². The third-order valence-electron chi connectivity index (χ3n) is 3.12. The molecule has 100 valence electrons. The molecule has 1 fully saturated rings. The van der Waals surface area contributed by atoms with Crippen LogP contribution in [0.2, 0.25) is 0 Å². The van der Waals surface area contributed by atoms with E-state index in [1.807, 2.05) is 6.92 Å². The Morgan fingerprint density at radius 1 is 1.44 bits per heavy atom. The molecule has 1 aromatic carbocycles. The highest BCUT2D eigenvalue weighted by atomic mass is 32.2. The van der Waals surface area contributed by atoms with Crippen LogP contribution >= 0.6 is 0 Å². The fraction of sp³-hybridized carbons (Fsp3) is 0.500. The van der Waals surface area contributed by atoms with E-state index in [9.17, 15) is 13.5 Å². The van der Waals surface area contributed by atoms with Crippen molar-refractivity contribution in [1.82, 2.24) is 4.31 Å². The van der Waals surface area contributed by atoms with Crippen LogP contribution in [0.1, 0.15) is 19.4 Å². The maximum absolute atomic E-state index is 12.4. The molecule has 0 spiro atoms. The first-order valence-electron chi connectivity index (χ1n) is 5.87. The number of aliphatic hydroxyl groups is 1. The van der Waals surface area contributed by atoms with Gasteiger partial charge in [0.15, 0.2) is 0 Å². The molecule has 2 rings (SSSR count). The number of hydrogen-bond acceptors (Lipinski definition) is 4. The van der Waals surface area contributed by atoms with Gasteiger partial charge in [0.2, 0.25) is 10.0 Å². The van der Waals surface area contributed by atoms with Crippen molar-refractivity contribution in [2.24, 2.45) is 0 Å². The van der Waals surface area contributed by atoms with Crippen LogP contribution < -0.4 is 5.73 Å². The number of nitrogen functional groups attached to an aromatic ring is 1. The number of β-amino-alcohol motifs (C(OH)–C–C–N with tert-alkyl or cyclic N) is 1. The quantitative estimate of drug-likeness (QED) is 0.787. The van der Waals surface area contributed by atoms with Crippen molar-refractivity contribution >= 4 is 15.7 Å². The van der Waals surface area contributed by atoms with Crippen molar-refractivity contribution in [3.05, 3.63) is 23.8 Å². The van der Waals surface area contributed by atoms with Gasteiger partial charge in [-0.15, -0.1) is 0 Å². The first-order valence-corrected chi connectivity index (χ1v) is 7.31. The Hall–Kier alpha value is -1.11. The lowest BCUT2D eigenvalue weighted by Crippen LogP contribution is -2.61. The SMILES string of the molecule is CCc1ccc(N)cc1S(=O)(=O)N1CC(C)(O)C1. The van der Waals surface area contributed by atoms with Crippen molar-refractivity contribution in [1.29, 1.82) is 0 Å². The Kier molecular flexibility index (Phi) is 3.12. The van der Waals surface area contributed by atoms with Gasteiger partial charge in [-0.1, -0.05) is 13.0 Å². The molecule has 1 saturated heterocycles. The van der Waals surface area contributed by atoms with Gasteiger partial charge in [0.25, 0.3) is 0 Å². The summed E-state index contributed by atoms with van der Waals surface area (Å²) in [6, 6.07) is 4.92. The minimum atomic E-state index is -3.55. The van der Waals surface area contributed by atoms with Gasteiger partial charge in [-0.05, 0) is 31.0 Å². The van der Waals surface area contributed by atoms with Crippen molar-refractivity contribution in [3.8, 4) is 0 Å². The lowest BCUT2D eigenvalue weighted by molar-refractivity contribution is -0.0426. The van der Waals surface area contributed by atoms with Crippen molar-refractivity contribution in [2.75, 3.05) is 18.8 Å². The van der Waals surface area contributed by atoms with Gasteiger partial charge in [0, 0.05) is 18.8 Å². The average molecular weight is 270 g/mol. The van der Waals surface area contributed by atoms with Gasteiger partial charge < -0.3 is 10.8 Å². The van der Waals surface area contributed by atoms with Crippen LogP contribution in [-0.4, -0.2) is 36.5 Å². The third-order valence-corrected chi connectivity index (χ3v) is 5.00. The molecule has 6 heteroatoms. The summed E-state index contributed by atoms with van der Waals surface area (Å²) < 4.78 is 26.1. The van der Waals surface area contributed by atoms with Gasteiger partial charge in [-0.25, -0.2) is 8.42 Å². The number of rotatable bonds is 3. The molecule has 0 atom stereocenters. The summed E-state index contributed by atoms with van der Waals surface area (Å²) in [6.07, 6.45) is 0.624. The van der Waals surface area contributed by atoms with Crippen LogP contribution in [0.3, 0.4) is 0 Å². The molecule has 0 aromatic heterocycles. The van der Waals surface area contributed by atoms with E-state index in [1.54, 1.807) is 19.1 Å². The number of benzene rings is 1. The zero-order chi connectivity index (χ0) is 13.6. The van der Waals surface area contributed by atoms with Crippen LogP contribution in [-0.2, 0) is 16.4 Å². The lowest BCUT2D eigenvalue weighted by Gasteiger charge is -2.43. The Bertz CT molecular complexity index is 559. The fourth-order valence-corrected chi connectivity index (χ4v) is 4.13. The number of nitrogens with two attached hydrogens (primary N) is 1. The molecular weight excluding hydrogens is 252 g/mol. The number of anilines is 1. The number of sulfonamides is 1. The highest BCUT2D eigenvalue weighted by Crippen LogP contribution is 2.30. The van der Waals surface area contributed by atoms with Crippen molar-refractivity contribution < 1.29 is 13.5 Å². The normalized spacial score (nSPS) is 19.5. The molecule has 0 radical (unpaired) electrons. The highest BCUT2D eigenvalue weighted by molar-refractivity contribution is 7.89. The summed E-state index contributed by atoms with van der Waals surface area (Å²) in [7, 11) is -3.55. The van der Waals surface area contributed by atoms with Crippen LogP contribution in [0, 0.1) is 0 Å². The molecule has 0 aliphatic carbocycles. The van der Waals surface area contributed by atoms with E-state index in [0.29, 0.717) is 12.1 Å². The summed E-state index contributed by atoms with van der Waals surface area (Å²) in [6.45, 7) is 3.79. The highest BCUT2D eigenvalue weighted by Gasteiger charge is 2.44. The Morgan fingerprint density at radius 2 is 2.06 bits per heavy atom. The minimum Gasteiger partial charge on any atom is -0.399 e. The van der Waals surface area contributed by atoms with E-state index >= 15 is 0 Å².